The summed E-state index contributed by atoms with van der Waals surface area (Å²) in [5, 5.41) is 14.0. The summed E-state index contributed by atoms with van der Waals surface area (Å²) in [4.78, 5) is 22.7. The van der Waals surface area contributed by atoms with Crippen molar-refractivity contribution < 1.29 is 14.5 Å². The minimum atomic E-state index is -0.569. The molecule has 0 unspecified atom stereocenters. The van der Waals surface area contributed by atoms with Gasteiger partial charge in [-0.05, 0) is 30.7 Å². The summed E-state index contributed by atoms with van der Waals surface area (Å²) < 4.78 is 5.08. The molecule has 0 aromatic heterocycles. The lowest BCUT2D eigenvalue weighted by atomic mass is 10.1. The highest BCUT2D eigenvalue weighted by Gasteiger charge is 2.18. The number of benzene rings is 2. The Morgan fingerprint density at radius 1 is 1.27 bits per heavy atom. The summed E-state index contributed by atoms with van der Waals surface area (Å²) in [6.45, 7) is 1.82. The van der Waals surface area contributed by atoms with Crippen molar-refractivity contribution in [1.29, 1.82) is 0 Å². The number of nitrogens with zero attached hydrogens (tertiary/aromatic N) is 1. The van der Waals surface area contributed by atoms with E-state index in [2.05, 4.69) is 5.32 Å². The Kier molecular flexibility index (Phi) is 4.62. The smallest absolute Gasteiger partial charge is 0.270 e. The molecule has 2 aromatic rings. The molecule has 1 amide bonds. The Morgan fingerprint density at radius 2 is 2.00 bits per heavy atom. The van der Waals surface area contributed by atoms with Crippen LogP contribution in [0.2, 0.25) is 5.02 Å². The molecule has 2 rings (SSSR count). The van der Waals surface area contributed by atoms with Crippen molar-refractivity contribution >= 4 is 28.9 Å². The molecule has 0 spiro atoms. The van der Waals surface area contributed by atoms with Crippen LogP contribution in [0.15, 0.2) is 36.4 Å². The van der Waals surface area contributed by atoms with Gasteiger partial charge in [-0.3, -0.25) is 14.9 Å². The number of nitro groups is 1. The molecule has 0 atom stereocenters. The van der Waals surface area contributed by atoms with Crippen molar-refractivity contribution in [3.05, 3.63) is 62.7 Å². The molecule has 0 aliphatic carbocycles. The summed E-state index contributed by atoms with van der Waals surface area (Å²) >= 11 is 5.91. The molecule has 22 heavy (non-hydrogen) atoms. The van der Waals surface area contributed by atoms with Gasteiger partial charge in [0, 0.05) is 22.8 Å². The SMILES string of the molecule is COc1ccc([N+](=O)[O-])cc1C(=O)Nc1cc(Cl)ccc1C. The Balaban J connectivity index is 2.38. The number of rotatable bonds is 4. The zero-order valence-corrected chi connectivity index (χ0v) is 12.7. The Morgan fingerprint density at radius 3 is 2.64 bits per heavy atom. The van der Waals surface area contributed by atoms with Crippen LogP contribution >= 0.6 is 11.6 Å². The fourth-order valence-corrected chi connectivity index (χ4v) is 2.08. The second-order valence-electron chi connectivity index (χ2n) is 4.56. The molecule has 0 fully saturated rings. The summed E-state index contributed by atoms with van der Waals surface area (Å²) in [6, 6.07) is 8.92. The first-order valence-corrected chi connectivity index (χ1v) is 6.70. The number of nitrogens with one attached hydrogen (secondary N) is 1. The average Bonchev–Trinajstić information content (AvgIpc) is 2.50. The number of hydrogen-bond donors (Lipinski definition) is 1. The van der Waals surface area contributed by atoms with E-state index in [0.717, 1.165) is 5.56 Å². The predicted octanol–water partition coefficient (Wildman–Crippen LogP) is 3.82. The van der Waals surface area contributed by atoms with Crippen molar-refractivity contribution in [2.45, 2.75) is 6.92 Å². The van der Waals surface area contributed by atoms with E-state index >= 15 is 0 Å². The average molecular weight is 321 g/mol. The second kappa shape index (κ2) is 6.44. The van der Waals surface area contributed by atoms with Gasteiger partial charge in [-0.1, -0.05) is 17.7 Å². The number of hydrogen-bond acceptors (Lipinski definition) is 4. The Hall–Kier alpha value is -2.60. The molecule has 114 valence electrons. The highest BCUT2D eigenvalue weighted by atomic mass is 35.5. The normalized spacial score (nSPS) is 10.1. The van der Waals surface area contributed by atoms with Gasteiger partial charge in [-0.2, -0.15) is 0 Å². The van der Waals surface area contributed by atoms with E-state index in [1.807, 2.05) is 6.92 Å². The largest absolute Gasteiger partial charge is 0.496 e. The molecule has 2 aromatic carbocycles. The number of amides is 1. The van der Waals surface area contributed by atoms with Gasteiger partial charge < -0.3 is 10.1 Å². The van der Waals surface area contributed by atoms with E-state index < -0.39 is 10.8 Å². The molecule has 1 N–H and O–H groups in total. The number of nitro benzene ring substituents is 1. The number of halogens is 1. The Bertz CT molecular complexity index is 746. The minimum Gasteiger partial charge on any atom is -0.496 e. The van der Waals surface area contributed by atoms with Crippen molar-refractivity contribution in [3.63, 3.8) is 0 Å². The van der Waals surface area contributed by atoms with E-state index in [0.29, 0.717) is 10.7 Å². The van der Waals surface area contributed by atoms with Crippen molar-refractivity contribution in [1.82, 2.24) is 0 Å². The predicted molar refractivity (Wildman–Crippen MR) is 83.8 cm³/mol. The zero-order valence-electron chi connectivity index (χ0n) is 11.9. The molecule has 0 saturated heterocycles. The summed E-state index contributed by atoms with van der Waals surface area (Å²) in [5.41, 5.74) is 1.25. The zero-order chi connectivity index (χ0) is 16.3. The van der Waals surface area contributed by atoms with Crippen LogP contribution in [0.3, 0.4) is 0 Å². The Labute approximate surface area is 131 Å². The fourth-order valence-electron chi connectivity index (χ4n) is 1.91. The maximum Gasteiger partial charge on any atom is 0.270 e. The molecule has 0 saturated carbocycles. The van der Waals surface area contributed by atoms with Gasteiger partial charge in [-0.25, -0.2) is 0 Å². The summed E-state index contributed by atoms with van der Waals surface area (Å²) in [5.74, 6) is -0.256. The lowest BCUT2D eigenvalue weighted by molar-refractivity contribution is -0.384. The summed E-state index contributed by atoms with van der Waals surface area (Å²) in [6.07, 6.45) is 0. The van der Waals surface area contributed by atoms with E-state index in [9.17, 15) is 14.9 Å². The van der Waals surface area contributed by atoms with Gasteiger partial charge in [0.05, 0.1) is 17.6 Å². The molecule has 0 heterocycles. The van der Waals surface area contributed by atoms with Crippen LogP contribution < -0.4 is 10.1 Å². The van der Waals surface area contributed by atoms with Crippen LogP contribution in [-0.2, 0) is 0 Å². The summed E-state index contributed by atoms with van der Waals surface area (Å²) in [7, 11) is 1.39. The van der Waals surface area contributed by atoms with Crippen LogP contribution in [0.4, 0.5) is 11.4 Å². The number of aryl methyl sites for hydroxylation is 1. The monoisotopic (exact) mass is 320 g/mol. The van der Waals surface area contributed by atoms with E-state index in [1.165, 1.54) is 25.3 Å². The molecule has 0 radical (unpaired) electrons. The number of methoxy groups -OCH3 is 1. The van der Waals surface area contributed by atoms with Crippen LogP contribution in [0.25, 0.3) is 0 Å². The molecule has 0 aliphatic heterocycles. The number of non-ortho nitro benzene ring substituents is 1. The van der Waals surface area contributed by atoms with Crippen LogP contribution in [0.5, 0.6) is 5.75 Å². The van der Waals surface area contributed by atoms with Gasteiger partial charge in [0.25, 0.3) is 11.6 Å². The van der Waals surface area contributed by atoms with Crippen molar-refractivity contribution in [3.8, 4) is 5.75 Å². The standard InChI is InChI=1S/C15H13ClN2O4/c1-9-3-4-10(16)7-13(9)17-15(19)12-8-11(18(20)21)5-6-14(12)22-2/h3-8H,1-2H3,(H,17,19). The highest BCUT2D eigenvalue weighted by Crippen LogP contribution is 2.26. The molecular formula is C15H13ClN2O4. The highest BCUT2D eigenvalue weighted by molar-refractivity contribution is 6.31. The molecule has 0 aliphatic rings. The molecule has 0 bridgehead atoms. The molecule has 6 nitrogen and oxygen atoms in total. The quantitative estimate of drug-likeness (QED) is 0.686. The van der Waals surface area contributed by atoms with Gasteiger partial charge in [-0.15, -0.1) is 0 Å². The van der Waals surface area contributed by atoms with E-state index in [1.54, 1.807) is 18.2 Å². The van der Waals surface area contributed by atoms with Crippen LogP contribution in [-0.4, -0.2) is 17.9 Å². The first-order valence-electron chi connectivity index (χ1n) is 6.32. The maximum atomic E-state index is 12.4. The topological polar surface area (TPSA) is 81.5 Å². The minimum absolute atomic E-state index is 0.0797. The van der Waals surface area contributed by atoms with Gasteiger partial charge >= 0.3 is 0 Å². The fraction of sp³-hybridized carbons (Fsp3) is 0.133. The molecular weight excluding hydrogens is 308 g/mol. The first kappa shape index (κ1) is 15.8. The van der Waals surface area contributed by atoms with E-state index in [4.69, 9.17) is 16.3 Å². The van der Waals surface area contributed by atoms with Gasteiger partial charge in [0.1, 0.15) is 5.75 Å². The lowest BCUT2D eigenvalue weighted by Crippen LogP contribution is -2.14. The maximum absolute atomic E-state index is 12.4. The van der Waals surface area contributed by atoms with Crippen molar-refractivity contribution in [2.24, 2.45) is 0 Å². The molecule has 7 heteroatoms. The van der Waals surface area contributed by atoms with Gasteiger partial charge in [0.15, 0.2) is 0 Å². The van der Waals surface area contributed by atoms with Crippen molar-refractivity contribution in [2.75, 3.05) is 12.4 Å². The second-order valence-corrected chi connectivity index (χ2v) is 4.99. The lowest BCUT2D eigenvalue weighted by Gasteiger charge is -2.11. The third-order valence-electron chi connectivity index (χ3n) is 3.09. The van der Waals surface area contributed by atoms with E-state index in [-0.39, 0.29) is 17.0 Å². The van der Waals surface area contributed by atoms with Crippen LogP contribution in [0.1, 0.15) is 15.9 Å². The number of carbonyl (C=O) groups is 1. The third-order valence-corrected chi connectivity index (χ3v) is 3.32. The number of anilines is 1. The van der Waals surface area contributed by atoms with Gasteiger partial charge in [0.2, 0.25) is 0 Å². The number of ether oxygens (including phenoxy) is 1. The third kappa shape index (κ3) is 3.35. The first-order chi connectivity index (χ1) is 10.4. The van der Waals surface area contributed by atoms with Crippen LogP contribution in [0, 0.1) is 17.0 Å². The number of carbonyl (C=O) groups excluding carboxylic acids is 1.